The van der Waals surface area contributed by atoms with Crippen LogP contribution in [0.15, 0.2) is 0 Å². The zero-order valence-electron chi connectivity index (χ0n) is 9.61. The van der Waals surface area contributed by atoms with Gasteiger partial charge in [-0.1, -0.05) is 0 Å². The molecule has 0 fully saturated rings. The van der Waals surface area contributed by atoms with Crippen LogP contribution >= 0.6 is 0 Å². The number of hydrogen-bond acceptors (Lipinski definition) is 3. The molecule has 0 aliphatic heterocycles. The first kappa shape index (κ1) is 22.2. The quantitative estimate of drug-likeness (QED) is 0.383. The Balaban J connectivity index is 0. The summed E-state index contributed by atoms with van der Waals surface area (Å²) >= 11 is 0. The Labute approximate surface area is 118 Å². The smallest absolute Gasteiger partial charge is 0.743 e. The van der Waals surface area contributed by atoms with Gasteiger partial charge in [0.2, 0.25) is 0 Å². The molecule has 116 valence electrons. The number of alkyl halides is 9. The number of hydrogen-bond donors (Lipinski definition) is 0. The molecule has 0 amide bonds. The first-order valence-corrected chi connectivity index (χ1v) is 5.46. The number of halogens is 9. The van der Waals surface area contributed by atoms with E-state index in [1.165, 1.54) is 0 Å². The van der Waals surface area contributed by atoms with E-state index >= 15 is 0 Å². The summed E-state index contributed by atoms with van der Waals surface area (Å²) in [7, 11) is -7.40. The zero-order chi connectivity index (χ0) is 16.1. The van der Waals surface area contributed by atoms with E-state index in [0.29, 0.717) is 0 Å². The molecule has 0 N–H and O–H groups in total. The molecular weight excluding hydrogens is 330 g/mol. The molecule has 0 saturated carbocycles. The molecule has 0 bridgehead atoms. The molecule has 0 saturated heterocycles. The Bertz CT molecular complexity index is 447. The molecule has 0 aromatic rings. The van der Waals surface area contributed by atoms with E-state index in [1.807, 2.05) is 0 Å². The van der Waals surface area contributed by atoms with Crippen LogP contribution in [0.1, 0.15) is 6.92 Å². The van der Waals surface area contributed by atoms with Crippen LogP contribution in [0.4, 0.5) is 39.5 Å². The molecule has 0 aliphatic carbocycles. The van der Waals surface area contributed by atoms with Gasteiger partial charge in [-0.05, 0) is 6.92 Å². The van der Waals surface area contributed by atoms with Crippen molar-refractivity contribution in [1.82, 2.24) is 0 Å². The third-order valence-corrected chi connectivity index (χ3v) is 2.88. The first-order chi connectivity index (χ1) is 7.94. The van der Waals surface area contributed by atoms with Gasteiger partial charge in [-0.3, -0.25) is 0 Å². The standard InChI is InChI=1S/C6H5F9O3S.Li/c1-2(7)3(8,9)4(10,11)5(12,13)6(14,15)19(16,17)18;/h2H,1H3,(H,16,17,18);/q;+1/p-1. The fourth-order valence-electron chi connectivity index (χ4n) is 0.799. The van der Waals surface area contributed by atoms with Crippen LogP contribution in [0.3, 0.4) is 0 Å². The topological polar surface area (TPSA) is 57.2 Å². The van der Waals surface area contributed by atoms with E-state index in [0.717, 1.165) is 0 Å². The third kappa shape index (κ3) is 2.90. The normalized spacial score (nSPS) is 16.6. The maximum atomic E-state index is 12.6. The van der Waals surface area contributed by atoms with E-state index in [2.05, 4.69) is 0 Å². The van der Waals surface area contributed by atoms with Crippen molar-refractivity contribution in [1.29, 1.82) is 0 Å². The predicted octanol–water partition coefficient (Wildman–Crippen LogP) is -0.608. The largest absolute Gasteiger partial charge is 1.00 e. The molecule has 0 rings (SSSR count). The van der Waals surface area contributed by atoms with E-state index in [-0.39, 0.29) is 25.8 Å². The monoisotopic (exact) mass is 334 g/mol. The Morgan fingerprint density at radius 1 is 0.900 bits per heavy atom. The summed E-state index contributed by atoms with van der Waals surface area (Å²) in [6, 6.07) is 0. The van der Waals surface area contributed by atoms with Crippen molar-refractivity contribution in [3.63, 3.8) is 0 Å². The fourth-order valence-corrected chi connectivity index (χ4v) is 1.24. The van der Waals surface area contributed by atoms with Crippen LogP contribution in [0.25, 0.3) is 0 Å². The van der Waals surface area contributed by atoms with Gasteiger partial charge >= 0.3 is 41.9 Å². The second-order valence-corrected chi connectivity index (χ2v) is 4.78. The van der Waals surface area contributed by atoms with Crippen LogP contribution in [-0.4, -0.2) is 42.2 Å². The van der Waals surface area contributed by atoms with Crippen LogP contribution in [0, 0.1) is 0 Å². The third-order valence-electron chi connectivity index (χ3n) is 1.99. The van der Waals surface area contributed by atoms with Crippen molar-refractivity contribution in [2.45, 2.75) is 36.1 Å². The summed E-state index contributed by atoms with van der Waals surface area (Å²) < 4.78 is 142. The van der Waals surface area contributed by atoms with Gasteiger partial charge in [-0.2, -0.15) is 35.1 Å². The summed E-state index contributed by atoms with van der Waals surface area (Å²) in [4.78, 5) is 0. The van der Waals surface area contributed by atoms with Crippen LogP contribution in [-0.2, 0) is 10.1 Å². The summed E-state index contributed by atoms with van der Waals surface area (Å²) in [5.74, 6) is -20.8. The van der Waals surface area contributed by atoms with Gasteiger partial charge in [0, 0.05) is 0 Å². The maximum absolute atomic E-state index is 12.6. The molecule has 0 spiro atoms. The molecule has 0 aromatic carbocycles. The maximum Gasteiger partial charge on any atom is 1.00 e. The van der Waals surface area contributed by atoms with Gasteiger partial charge in [-0.15, -0.1) is 0 Å². The molecular formula is C6H4F9LiO3S. The SMILES string of the molecule is CC(F)C(F)(F)C(F)(F)C(F)(F)C(F)(F)S(=O)(=O)[O-].[Li+]. The van der Waals surface area contributed by atoms with Crippen molar-refractivity contribution in [3.8, 4) is 0 Å². The average Bonchev–Trinajstić information content (AvgIpc) is 2.14. The molecule has 0 aromatic heterocycles. The second kappa shape index (κ2) is 5.58. The van der Waals surface area contributed by atoms with Gasteiger partial charge in [-0.25, -0.2) is 12.8 Å². The molecule has 0 radical (unpaired) electrons. The Morgan fingerprint density at radius 2 is 1.20 bits per heavy atom. The van der Waals surface area contributed by atoms with Crippen molar-refractivity contribution in [3.05, 3.63) is 0 Å². The molecule has 3 nitrogen and oxygen atoms in total. The Morgan fingerprint density at radius 3 is 1.40 bits per heavy atom. The molecule has 1 atom stereocenters. The number of rotatable bonds is 5. The Kier molecular flexibility index (Phi) is 6.19. The minimum absolute atomic E-state index is 0. The summed E-state index contributed by atoms with van der Waals surface area (Å²) in [5.41, 5.74) is 0. The molecule has 20 heavy (non-hydrogen) atoms. The van der Waals surface area contributed by atoms with Gasteiger partial charge in [0.25, 0.3) is 0 Å². The second-order valence-electron chi connectivity index (χ2n) is 3.36. The molecule has 0 aliphatic rings. The Hall–Kier alpha value is -0.123. The zero-order valence-corrected chi connectivity index (χ0v) is 10.4. The summed E-state index contributed by atoms with van der Waals surface area (Å²) in [5, 5.41) is -7.05. The van der Waals surface area contributed by atoms with Crippen LogP contribution in [0.2, 0.25) is 0 Å². The van der Waals surface area contributed by atoms with Gasteiger partial charge < -0.3 is 4.55 Å². The van der Waals surface area contributed by atoms with Crippen molar-refractivity contribution >= 4 is 10.1 Å². The van der Waals surface area contributed by atoms with Crippen molar-refractivity contribution in [2.75, 3.05) is 0 Å². The van der Waals surface area contributed by atoms with Crippen molar-refractivity contribution in [2.24, 2.45) is 0 Å². The molecule has 14 heteroatoms. The minimum Gasteiger partial charge on any atom is -0.743 e. The van der Waals surface area contributed by atoms with Crippen molar-refractivity contribution < 1.29 is 71.3 Å². The summed E-state index contributed by atoms with van der Waals surface area (Å²) in [6.07, 6.45) is -4.02. The van der Waals surface area contributed by atoms with Crippen LogP contribution < -0.4 is 18.9 Å². The van der Waals surface area contributed by atoms with Crippen LogP contribution in [0.5, 0.6) is 0 Å². The van der Waals surface area contributed by atoms with Gasteiger partial charge in [0.15, 0.2) is 16.3 Å². The average molecular weight is 334 g/mol. The first-order valence-electron chi connectivity index (χ1n) is 4.05. The summed E-state index contributed by atoms with van der Waals surface area (Å²) in [6.45, 7) is -0.339. The van der Waals surface area contributed by atoms with E-state index in [4.69, 9.17) is 0 Å². The van der Waals surface area contributed by atoms with Gasteiger partial charge in [0.05, 0.1) is 0 Å². The van der Waals surface area contributed by atoms with E-state index in [1.54, 1.807) is 0 Å². The molecule has 1 unspecified atom stereocenters. The van der Waals surface area contributed by atoms with E-state index < -0.39 is 39.3 Å². The predicted molar refractivity (Wildman–Crippen MR) is 40.1 cm³/mol. The van der Waals surface area contributed by atoms with E-state index in [9.17, 15) is 52.5 Å². The minimum atomic E-state index is -7.40. The fraction of sp³-hybridized carbons (Fsp3) is 1.00. The molecule has 0 heterocycles. The van der Waals surface area contributed by atoms with Gasteiger partial charge in [0.1, 0.15) is 0 Å².